The standard InChI is InChI=1S/C15H16ClFN2/c1-9-3-4-10(2)12(7-9)15(19-18)13-8-11(16)5-6-14(13)17/h3-8,15,19H,18H2,1-2H3. The smallest absolute Gasteiger partial charge is 0.128 e. The van der Waals surface area contributed by atoms with Gasteiger partial charge in [-0.2, -0.15) is 0 Å². The quantitative estimate of drug-likeness (QED) is 0.664. The molecule has 0 heterocycles. The van der Waals surface area contributed by atoms with E-state index in [2.05, 4.69) is 5.43 Å². The number of nitrogens with two attached hydrogens (primary N) is 1. The van der Waals surface area contributed by atoms with Gasteiger partial charge in [0.2, 0.25) is 0 Å². The van der Waals surface area contributed by atoms with E-state index in [1.807, 2.05) is 32.0 Å². The Morgan fingerprint density at radius 1 is 1.11 bits per heavy atom. The van der Waals surface area contributed by atoms with Crippen LogP contribution in [0.25, 0.3) is 0 Å². The van der Waals surface area contributed by atoms with Crippen LogP contribution in [0.1, 0.15) is 28.3 Å². The van der Waals surface area contributed by atoms with E-state index in [4.69, 9.17) is 17.4 Å². The molecule has 1 unspecified atom stereocenters. The van der Waals surface area contributed by atoms with E-state index in [0.29, 0.717) is 10.6 Å². The molecule has 100 valence electrons. The van der Waals surface area contributed by atoms with E-state index in [0.717, 1.165) is 16.7 Å². The summed E-state index contributed by atoms with van der Waals surface area (Å²) in [5.74, 6) is 5.29. The number of hydrogen-bond acceptors (Lipinski definition) is 2. The first-order valence-electron chi connectivity index (χ1n) is 6.01. The van der Waals surface area contributed by atoms with Gasteiger partial charge in [0.25, 0.3) is 0 Å². The highest BCUT2D eigenvalue weighted by Gasteiger charge is 2.18. The summed E-state index contributed by atoms with van der Waals surface area (Å²) in [6.07, 6.45) is 0. The van der Waals surface area contributed by atoms with Crippen LogP contribution in [0.5, 0.6) is 0 Å². The van der Waals surface area contributed by atoms with Gasteiger partial charge in [0.05, 0.1) is 6.04 Å². The lowest BCUT2D eigenvalue weighted by molar-refractivity contribution is 0.559. The van der Waals surface area contributed by atoms with Crippen LogP contribution in [-0.4, -0.2) is 0 Å². The molecule has 1 atom stereocenters. The molecule has 0 aromatic heterocycles. The molecule has 0 saturated heterocycles. The predicted octanol–water partition coefficient (Wildman–Crippen LogP) is 3.65. The molecule has 2 nitrogen and oxygen atoms in total. The Labute approximate surface area is 117 Å². The van der Waals surface area contributed by atoms with Gasteiger partial charge in [-0.25, -0.2) is 9.82 Å². The van der Waals surface area contributed by atoms with Crippen LogP contribution in [0.2, 0.25) is 5.02 Å². The second-order valence-corrected chi connectivity index (χ2v) is 5.06. The van der Waals surface area contributed by atoms with Crippen molar-refractivity contribution in [1.29, 1.82) is 0 Å². The Hall–Kier alpha value is -1.42. The molecule has 0 amide bonds. The van der Waals surface area contributed by atoms with Crippen molar-refractivity contribution < 1.29 is 4.39 Å². The van der Waals surface area contributed by atoms with Crippen LogP contribution in [0.3, 0.4) is 0 Å². The number of aryl methyl sites for hydroxylation is 2. The third kappa shape index (κ3) is 2.95. The summed E-state index contributed by atoms with van der Waals surface area (Å²) in [4.78, 5) is 0. The van der Waals surface area contributed by atoms with E-state index in [1.165, 1.54) is 12.1 Å². The van der Waals surface area contributed by atoms with Crippen LogP contribution in [0.15, 0.2) is 36.4 Å². The van der Waals surface area contributed by atoms with Crippen molar-refractivity contribution in [2.24, 2.45) is 5.84 Å². The van der Waals surface area contributed by atoms with Crippen molar-refractivity contribution in [3.05, 3.63) is 69.5 Å². The molecule has 0 bridgehead atoms. The summed E-state index contributed by atoms with van der Waals surface area (Å²) >= 11 is 5.94. The Kier molecular flexibility index (Phi) is 4.20. The number of benzene rings is 2. The summed E-state index contributed by atoms with van der Waals surface area (Å²) in [7, 11) is 0. The lowest BCUT2D eigenvalue weighted by Crippen LogP contribution is -2.30. The van der Waals surface area contributed by atoms with Crippen molar-refractivity contribution in [2.75, 3.05) is 0 Å². The average Bonchev–Trinajstić information content (AvgIpc) is 2.38. The summed E-state index contributed by atoms with van der Waals surface area (Å²) < 4.78 is 14.0. The van der Waals surface area contributed by atoms with Crippen LogP contribution in [0, 0.1) is 19.7 Å². The van der Waals surface area contributed by atoms with Crippen molar-refractivity contribution in [3.8, 4) is 0 Å². The highest BCUT2D eigenvalue weighted by molar-refractivity contribution is 6.30. The second kappa shape index (κ2) is 5.70. The lowest BCUT2D eigenvalue weighted by atomic mass is 9.94. The summed E-state index contributed by atoms with van der Waals surface area (Å²) in [5.41, 5.74) is 6.22. The van der Waals surface area contributed by atoms with Crippen molar-refractivity contribution in [1.82, 2.24) is 5.43 Å². The summed E-state index contributed by atoms with van der Waals surface area (Å²) in [6, 6.07) is 10.1. The van der Waals surface area contributed by atoms with Gasteiger partial charge in [0.1, 0.15) is 5.82 Å². The minimum Gasteiger partial charge on any atom is -0.271 e. The highest BCUT2D eigenvalue weighted by Crippen LogP contribution is 2.28. The molecule has 4 heteroatoms. The van der Waals surface area contributed by atoms with Gasteiger partial charge >= 0.3 is 0 Å². The van der Waals surface area contributed by atoms with Gasteiger partial charge in [-0.15, -0.1) is 0 Å². The molecule has 0 aliphatic carbocycles. The Morgan fingerprint density at radius 2 is 1.84 bits per heavy atom. The first-order valence-corrected chi connectivity index (χ1v) is 6.39. The van der Waals surface area contributed by atoms with E-state index in [9.17, 15) is 4.39 Å². The van der Waals surface area contributed by atoms with Crippen LogP contribution in [-0.2, 0) is 0 Å². The Bertz CT molecular complexity index is 547. The molecule has 0 fully saturated rings. The zero-order valence-corrected chi connectivity index (χ0v) is 11.6. The molecule has 0 aliphatic rings. The van der Waals surface area contributed by atoms with Crippen LogP contribution >= 0.6 is 11.6 Å². The molecular formula is C15H16ClFN2. The van der Waals surface area contributed by atoms with Gasteiger partial charge in [-0.3, -0.25) is 5.84 Å². The maximum absolute atomic E-state index is 14.0. The van der Waals surface area contributed by atoms with Gasteiger partial charge in [-0.05, 0) is 43.2 Å². The minimum absolute atomic E-state index is 0.326. The van der Waals surface area contributed by atoms with Gasteiger partial charge in [-0.1, -0.05) is 35.4 Å². The minimum atomic E-state index is -0.418. The molecule has 0 saturated carbocycles. The fourth-order valence-corrected chi connectivity index (χ4v) is 2.33. The maximum Gasteiger partial charge on any atom is 0.128 e. The van der Waals surface area contributed by atoms with Gasteiger partial charge in [0, 0.05) is 10.6 Å². The fraction of sp³-hybridized carbons (Fsp3) is 0.200. The SMILES string of the molecule is Cc1ccc(C)c(C(NN)c2cc(Cl)ccc2F)c1. The number of halogens is 2. The summed E-state index contributed by atoms with van der Waals surface area (Å²) in [5, 5.41) is 0.488. The molecule has 0 spiro atoms. The zero-order valence-electron chi connectivity index (χ0n) is 10.9. The molecule has 0 radical (unpaired) electrons. The fourth-order valence-electron chi connectivity index (χ4n) is 2.15. The largest absolute Gasteiger partial charge is 0.271 e. The molecular weight excluding hydrogens is 263 g/mol. The third-order valence-corrected chi connectivity index (χ3v) is 3.42. The zero-order chi connectivity index (χ0) is 14.0. The topological polar surface area (TPSA) is 38.0 Å². The van der Waals surface area contributed by atoms with Crippen LogP contribution in [0.4, 0.5) is 4.39 Å². The Balaban J connectivity index is 2.55. The lowest BCUT2D eigenvalue weighted by Gasteiger charge is -2.20. The van der Waals surface area contributed by atoms with E-state index >= 15 is 0 Å². The summed E-state index contributed by atoms with van der Waals surface area (Å²) in [6.45, 7) is 3.96. The third-order valence-electron chi connectivity index (χ3n) is 3.18. The van der Waals surface area contributed by atoms with Crippen LogP contribution < -0.4 is 11.3 Å². The van der Waals surface area contributed by atoms with Crippen molar-refractivity contribution >= 4 is 11.6 Å². The van der Waals surface area contributed by atoms with Gasteiger partial charge < -0.3 is 0 Å². The molecule has 19 heavy (non-hydrogen) atoms. The van der Waals surface area contributed by atoms with Crippen molar-refractivity contribution in [3.63, 3.8) is 0 Å². The van der Waals surface area contributed by atoms with E-state index in [-0.39, 0.29) is 5.82 Å². The Morgan fingerprint density at radius 3 is 2.53 bits per heavy atom. The number of hydrogen-bond donors (Lipinski definition) is 2. The molecule has 3 N–H and O–H groups in total. The van der Waals surface area contributed by atoms with Gasteiger partial charge in [0.15, 0.2) is 0 Å². The maximum atomic E-state index is 14.0. The second-order valence-electron chi connectivity index (χ2n) is 4.63. The number of hydrazine groups is 1. The highest BCUT2D eigenvalue weighted by atomic mass is 35.5. The van der Waals surface area contributed by atoms with E-state index in [1.54, 1.807) is 6.07 Å². The predicted molar refractivity (Wildman–Crippen MR) is 76.5 cm³/mol. The molecule has 2 aromatic carbocycles. The molecule has 2 aromatic rings. The first kappa shape index (κ1) is 14.0. The van der Waals surface area contributed by atoms with E-state index < -0.39 is 6.04 Å². The van der Waals surface area contributed by atoms with Crippen molar-refractivity contribution in [2.45, 2.75) is 19.9 Å². The first-order chi connectivity index (χ1) is 9.02. The monoisotopic (exact) mass is 278 g/mol. The normalized spacial score (nSPS) is 12.5. The number of rotatable bonds is 3. The molecule has 2 rings (SSSR count). The number of nitrogens with one attached hydrogen (secondary N) is 1. The molecule has 0 aliphatic heterocycles. The average molecular weight is 279 g/mol.